The summed E-state index contributed by atoms with van der Waals surface area (Å²) in [6, 6.07) is 0.744. The van der Waals surface area contributed by atoms with E-state index in [1.54, 1.807) is 0 Å². The molecule has 2 aliphatic rings. The third kappa shape index (κ3) is 2.68. The van der Waals surface area contributed by atoms with Gasteiger partial charge < -0.3 is 5.73 Å². The normalized spacial score (nSPS) is 33.5. The van der Waals surface area contributed by atoms with Crippen LogP contribution in [0.1, 0.15) is 65.7 Å². The molecule has 0 aromatic heterocycles. The van der Waals surface area contributed by atoms with Crippen LogP contribution in [0.2, 0.25) is 0 Å². The van der Waals surface area contributed by atoms with Gasteiger partial charge in [-0.15, -0.1) is 0 Å². The zero-order chi connectivity index (χ0) is 12.5. The van der Waals surface area contributed by atoms with E-state index in [1.807, 2.05) is 0 Å². The van der Waals surface area contributed by atoms with Gasteiger partial charge >= 0.3 is 0 Å². The third-order valence-electron chi connectivity index (χ3n) is 5.33. The molecule has 2 heteroatoms. The van der Waals surface area contributed by atoms with Crippen molar-refractivity contribution < 1.29 is 0 Å². The van der Waals surface area contributed by atoms with E-state index in [0.717, 1.165) is 12.6 Å². The van der Waals surface area contributed by atoms with Gasteiger partial charge in [0.15, 0.2) is 0 Å². The second-order valence-electron chi connectivity index (χ2n) is 7.13. The Labute approximate surface area is 107 Å². The van der Waals surface area contributed by atoms with Crippen LogP contribution >= 0.6 is 0 Å². The van der Waals surface area contributed by atoms with Crippen LogP contribution in [-0.4, -0.2) is 29.6 Å². The molecule has 1 aliphatic heterocycles. The molecule has 100 valence electrons. The number of rotatable bonds is 2. The van der Waals surface area contributed by atoms with Crippen LogP contribution in [0.15, 0.2) is 0 Å². The maximum Gasteiger partial charge on any atom is 0.0334 e. The van der Waals surface area contributed by atoms with Gasteiger partial charge in [-0.2, -0.15) is 0 Å². The molecule has 2 nitrogen and oxygen atoms in total. The maximum atomic E-state index is 6.18. The molecule has 17 heavy (non-hydrogen) atoms. The lowest BCUT2D eigenvalue weighted by Gasteiger charge is -2.53. The van der Waals surface area contributed by atoms with Crippen molar-refractivity contribution in [2.45, 2.75) is 77.3 Å². The number of likely N-dealkylation sites (tertiary alicyclic amines) is 1. The number of piperidine rings is 1. The molecule has 0 amide bonds. The highest BCUT2D eigenvalue weighted by Crippen LogP contribution is 2.44. The summed E-state index contributed by atoms with van der Waals surface area (Å²) in [6.07, 6.45) is 9.44. The molecule has 1 atom stereocenters. The number of hydrogen-bond acceptors (Lipinski definition) is 2. The van der Waals surface area contributed by atoms with E-state index in [2.05, 4.69) is 25.7 Å². The summed E-state index contributed by atoms with van der Waals surface area (Å²) in [5.74, 6) is 0. The van der Waals surface area contributed by atoms with Crippen LogP contribution in [0, 0.1) is 5.41 Å². The molecule has 1 heterocycles. The topological polar surface area (TPSA) is 29.3 Å². The molecule has 1 saturated heterocycles. The summed E-state index contributed by atoms with van der Waals surface area (Å²) in [4.78, 5) is 2.76. The van der Waals surface area contributed by atoms with Crippen LogP contribution in [0.3, 0.4) is 0 Å². The summed E-state index contributed by atoms with van der Waals surface area (Å²) >= 11 is 0. The van der Waals surface area contributed by atoms with E-state index < -0.39 is 0 Å². The second-order valence-corrected chi connectivity index (χ2v) is 7.13. The van der Waals surface area contributed by atoms with Crippen molar-refractivity contribution in [3.63, 3.8) is 0 Å². The summed E-state index contributed by atoms with van der Waals surface area (Å²) in [5.41, 5.74) is 7.05. The summed E-state index contributed by atoms with van der Waals surface area (Å²) < 4.78 is 0. The molecular weight excluding hydrogens is 208 g/mol. The first-order valence-corrected chi connectivity index (χ1v) is 7.46. The molecule has 1 unspecified atom stereocenters. The molecule has 1 aliphatic carbocycles. The quantitative estimate of drug-likeness (QED) is 0.800. The lowest BCUT2D eigenvalue weighted by atomic mass is 9.68. The van der Waals surface area contributed by atoms with Crippen molar-refractivity contribution in [3.05, 3.63) is 0 Å². The highest BCUT2D eigenvalue weighted by Gasteiger charge is 2.43. The van der Waals surface area contributed by atoms with Crippen LogP contribution in [0.5, 0.6) is 0 Å². The van der Waals surface area contributed by atoms with Gasteiger partial charge in [0, 0.05) is 18.1 Å². The van der Waals surface area contributed by atoms with E-state index >= 15 is 0 Å². The van der Waals surface area contributed by atoms with Gasteiger partial charge in [0.05, 0.1) is 0 Å². The predicted octanol–water partition coefficient (Wildman–Crippen LogP) is 3.16. The third-order valence-corrected chi connectivity index (χ3v) is 5.33. The Kier molecular flexibility index (Phi) is 3.84. The minimum atomic E-state index is 0.329. The monoisotopic (exact) mass is 238 g/mol. The molecular formula is C15H30N2. The molecule has 0 spiro atoms. The van der Waals surface area contributed by atoms with E-state index in [4.69, 9.17) is 5.73 Å². The lowest BCUT2D eigenvalue weighted by Crippen LogP contribution is -2.60. The standard InChI is InChI=1S/C15H30N2/c1-13-6-4-5-11-17(13)15(12-16)9-7-14(2,3)8-10-15/h13H,4-12,16H2,1-3H3. The van der Waals surface area contributed by atoms with Crippen molar-refractivity contribution in [2.75, 3.05) is 13.1 Å². The van der Waals surface area contributed by atoms with E-state index in [9.17, 15) is 0 Å². The van der Waals surface area contributed by atoms with Crippen molar-refractivity contribution in [1.29, 1.82) is 0 Å². The first-order valence-electron chi connectivity index (χ1n) is 7.46. The molecule has 2 rings (SSSR count). The number of nitrogens with zero attached hydrogens (tertiary/aromatic N) is 1. The fourth-order valence-electron chi connectivity index (χ4n) is 3.80. The first-order chi connectivity index (χ1) is 7.99. The summed E-state index contributed by atoms with van der Waals surface area (Å²) in [7, 11) is 0. The minimum absolute atomic E-state index is 0.329. The van der Waals surface area contributed by atoms with Crippen molar-refractivity contribution >= 4 is 0 Å². The van der Waals surface area contributed by atoms with Crippen molar-refractivity contribution in [1.82, 2.24) is 4.90 Å². The Hall–Kier alpha value is -0.0800. The molecule has 0 aromatic carbocycles. The number of hydrogen-bond donors (Lipinski definition) is 1. The number of nitrogens with two attached hydrogens (primary N) is 1. The van der Waals surface area contributed by atoms with Gasteiger partial charge in [-0.05, 0) is 57.4 Å². The van der Waals surface area contributed by atoms with Gasteiger partial charge in [-0.3, -0.25) is 4.90 Å². The van der Waals surface area contributed by atoms with E-state index in [1.165, 1.54) is 51.5 Å². The molecule has 0 aromatic rings. The van der Waals surface area contributed by atoms with Gasteiger partial charge in [0.25, 0.3) is 0 Å². The van der Waals surface area contributed by atoms with Gasteiger partial charge in [-0.1, -0.05) is 20.3 Å². The highest BCUT2D eigenvalue weighted by atomic mass is 15.2. The van der Waals surface area contributed by atoms with Crippen LogP contribution in [0.4, 0.5) is 0 Å². The van der Waals surface area contributed by atoms with Gasteiger partial charge in [0.1, 0.15) is 0 Å². The molecule has 2 fully saturated rings. The SMILES string of the molecule is CC1CCCCN1C1(CN)CCC(C)(C)CC1. The molecule has 0 radical (unpaired) electrons. The zero-order valence-electron chi connectivity index (χ0n) is 12.0. The largest absolute Gasteiger partial charge is 0.329 e. The minimum Gasteiger partial charge on any atom is -0.329 e. The Morgan fingerprint density at radius 3 is 2.29 bits per heavy atom. The van der Waals surface area contributed by atoms with Crippen molar-refractivity contribution in [2.24, 2.45) is 11.1 Å². The van der Waals surface area contributed by atoms with Crippen LogP contribution in [0.25, 0.3) is 0 Å². The van der Waals surface area contributed by atoms with E-state index in [-0.39, 0.29) is 0 Å². The average molecular weight is 238 g/mol. The predicted molar refractivity (Wildman–Crippen MR) is 74.1 cm³/mol. The first kappa shape index (κ1) is 13.4. The average Bonchev–Trinajstić information content (AvgIpc) is 2.31. The fraction of sp³-hybridized carbons (Fsp3) is 1.00. The Morgan fingerprint density at radius 1 is 1.12 bits per heavy atom. The summed E-state index contributed by atoms with van der Waals surface area (Å²) in [5, 5.41) is 0. The lowest BCUT2D eigenvalue weighted by molar-refractivity contribution is -0.0184. The molecule has 0 bridgehead atoms. The maximum absolute atomic E-state index is 6.18. The van der Waals surface area contributed by atoms with Crippen molar-refractivity contribution in [3.8, 4) is 0 Å². The highest BCUT2D eigenvalue weighted by molar-refractivity contribution is 5.00. The second kappa shape index (κ2) is 4.89. The molecule has 2 N–H and O–H groups in total. The summed E-state index contributed by atoms with van der Waals surface area (Å²) in [6.45, 7) is 9.35. The molecule has 1 saturated carbocycles. The Balaban J connectivity index is 2.09. The van der Waals surface area contributed by atoms with Crippen LogP contribution in [-0.2, 0) is 0 Å². The Morgan fingerprint density at radius 2 is 1.76 bits per heavy atom. The Bertz CT molecular complexity index is 250. The smallest absolute Gasteiger partial charge is 0.0334 e. The van der Waals surface area contributed by atoms with E-state index in [0.29, 0.717) is 11.0 Å². The zero-order valence-corrected chi connectivity index (χ0v) is 12.0. The fourth-order valence-corrected chi connectivity index (χ4v) is 3.80. The van der Waals surface area contributed by atoms with Gasteiger partial charge in [-0.25, -0.2) is 0 Å². The van der Waals surface area contributed by atoms with Gasteiger partial charge in [0.2, 0.25) is 0 Å². The van der Waals surface area contributed by atoms with Crippen LogP contribution < -0.4 is 5.73 Å².